The van der Waals surface area contributed by atoms with Crippen LogP contribution in [-0.4, -0.2) is 10.1 Å². The van der Waals surface area contributed by atoms with E-state index in [1.54, 1.807) is 0 Å². The number of hydrogen-bond donors (Lipinski definition) is 1. The monoisotopic (exact) mass is 118 g/mol. The van der Waals surface area contributed by atoms with Crippen LogP contribution in [0, 0.1) is 0 Å². The summed E-state index contributed by atoms with van der Waals surface area (Å²) in [4.78, 5) is 0. The van der Waals surface area contributed by atoms with Crippen LogP contribution in [0.5, 0.6) is 0 Å². The van der Waals surface area contributed by atoms with Crippen LogP contribution in [0.2, 0.25) is 0 Å². The highest BCUT2D eigenvalue weighted by Crippen LogP contribution is 2.26. The molecule has 38 valence electrons. The molecule has 0 amide bonds. The van der Waals surface area contributed by atoms with Crippen molar-refractivity contribution in [2.24, 2.45) is 0 Å². The molecule has 0 fully saturated rings. The molecular formula is CHF3OS. The highest BCUT2D eigenvalue weighted by Gasteiger charge is 2.27. The van der Waals surface area contributed by atoms with Gasteiger partial charge in [-0.05, 0) is 0 Å². The van der Waals surface area contributed by atoms with Gasteiger partial charge in [0, 0.05) is 0 Å². The molecule has 0 unspecified atom stereocenters. The Morgan fingerprint density at radius 1 is 1.33 bits per heavy atom. The van der Waals surface area contributed by atoms with Crippen molar-refractivity contribution < 1.29 is 17.7 Å². The van der Waals surface area contributed by atoms with Gasteiger partial charge in [-0.25, -0.2) is 0 Å². The summed E-state index contributed by atoms with van der Waals surface area (Å²) in [5.41, 5.74) is -4.49. The molecule has 0 bridgehead atoms. The van der Waals surface area contributed by atoms with Gasteiger partial charge in [0.05, 0.1) is 0 Å². The van der Waals surface area contributed by atoms with Crippen LogP contribution in [0.1, 0.15) is 0 Å². The molecule has 0 aromatic heterocycles. The topological polar surface area (TPSA) is 20.2 Å². The zero-order valence-corrected chi connectivity index (χ0v) is 3.31. The Balaban J connectivity index is 3.17. The first-order valence-corrected chi connectivity index (χ1v) is 1.73. The summed E-state index contributed by atoms with van der Waals surface area (Å²) in [6.45, 7) is 0. The second-order valence-electron chi connectivity index (χ2n) is 0.537. The smallest absolute Gasteiger partial charge is 0.323 e. The maximum absolute atomic E-state index is 10.5. The molecule has 0 aliphatic heterocycles. The Morgan fingerprint density at radius 3 is 1.50 bits per heavy atom. The zero-order valence-electron chi connectivity index (χ0n) is 2.49. The van der Waals surface area contributed by atoms with Crippen molar-refractivity contribution in [3.05, 3.63) is 0 Å². The van der Waals surface area contributed by atoms with Crippen molar-refractivity contribution in [2.75, 3.05) is 0 Å². The summed E-state index contributed by atoms with van der Waals surface area (Å²) in [6, 6.07) is 0. The largest absolute Gasteiger partial charge is 0.467 e. The lowest BCUT2D eigenvalue weighted by atomic mass is 11.6. The summed E-state index contributed by atoms with van der Waals surface area (Å²) in [5.74, 6) is 0. The van der Waals surface area contributed by atoms with Crippen molar-refractivity contribution in [2.45, 2.75) is 5.51 Å². The van der Waals surface area contributed by atoms with Gasteiger partial charge in [-0.3, -0.25) is 0 Å². The van der Waals surface area contributed by atoms with Crippen LogP contribution < -0.4 is 0 Å². The zero-order chi connectivity index (χ0) is 5.21. The van der Waals surface area contributed by atoms with Gasteiger partial charge in [-0.1, -0.05) is 0 Å². The minimum Gasteiger partial charge on any atom is -0.323 e. The Hall–Kier alpha value is 0.100. The van der Waals surface area contributed by atoms with Gasteiger partial charge < -0.3 is 4.55 Å². The predicted molar refractivity (Wildman–Crippen MR) is 16.3 cm³/mol. The first-order valence-electron chi connectivity index (χ1n) is 0.954. The highest BCUT2D eigenvalue weighted by atomic mass is 32.2. The minimum atomic E-state index is -4.49. The number of rotatable bonds is 0. The minimum absolute atomic E-state index is 1.12. The normalized spacial score (nSPS) is 12.0. The maximum Gasteiger partial charge on any atom is 0.467 e. The van der Waals surface area contributed by atoms with Gasteiger partial charge >= 0.3 is 5.51 Å². The fourth-order valence-corrected chi connectivity index (χ4v) is 0. The third kappa shape index (κ3) is 4.10. The summed E-state index contributed by atoms with van der Waals surface area (Å²) in [6.07, 6.45) is 0. The van der Waals surface area contributed by atoms with E-state index in [0.717, 1.165) is 0 Å². The lowest BCUT2D eigenvalue weighted by Gasteiger charge is -1.93. The maximum atomic E-state index is 10.5. The number of hydrogen-bond acceptors (Lipinski definition) is 2. The van der Waals surface area contributed by atoms with Crippen LogP contribution in [0.15, 0.2) is 0 Å². The lowest BCUT2D eigenvalue weighted by Crippen LogP contribution is -1.96. The SMILES string of the molecule is OSC(F)(F)F. The standard InChI is InChI=1S/CHF3OS/c2-1(3,4)6-5/h5H. The van der Waals surface area contributed by atoms with Gasteiger partial charge in [0.25, 0.3) is 0 Å². The molecule has 0 spiro atoms. The van der Waals surface area contributed by atoms with E-state index in [1.165, 1.54) is 0 Å². The summed E-state index contributed by atoms with van der Waals surface area (Å²) in [7, 11) is 0. The molecule has 1 nitrogen and oxygen atoms in total. The van der Waals surface area contributed by atoms with Gasteiger partial charge in [0.1, 0.15) is 12.0 Å². The number of halogens is 3. The second-order valence-corrected chi connectivity index (χ2v) is 1.18. The third-order valence-corrected chi connectivity index (χ3v) is 0.311. The molecule has 0 aliphatic carbocycles. The van der Waals surface area contributed by atoms with Crippen molar-refractivity contribution in [3.8, 4) is 0 Å². The fraction of sp³-hybridized carbons (Fsp3) is 1.00. The first kappa shape index (κ1) is 6.10. The van der Waals surface area contributed by atoms with Crippen molar-refractivity contribution in [3.63, 3.8) is 0 Å². The van der Waals surface area contributed by atoms with Crippen molar-refractivity contribution in [1.29, 1.82) is 0 Å². The van der Waals surface area contributed by atoms with Crippen molar-refractivity contribution in [1.82, 2.24) is 0 Å². The summed E-state index contributed by atoms with van der Waals surface area (Å²) >= 11 is -1.12. The van der Waals surface area contributed by atoms with Crippen LogP contribution in [0.3, 0.4) is 0 Å². The van der Waals surface area contributed by atoms with Crippen LogP contribution >= 0.6 is 12.0 Å². The van der Waals surface area contributed by atoms with E-state index >= 15 is 0 Å². The molecule has 0 saturated carbocycles. The molecule has 0 heterocycles. The van der Waals surface area contributed by atoms with Gasteiger partial charge in [-0.2, -0.15) is 13.2 Å². The van der Waals surface area contributed by atoms with Crippen molar-refractivity contribution >= 4 is 12.0 Å². The molecule has 0 radical (unpaired) electrons. The molecule has 0 aliphatic rings. The number of alkyl halides is 3. The van der Waals surface area contributed by atoms with Gasteiger partial charge in [-0.15, -0.1) is 0 Å². The van der Waals surface area contributed by atoms with E-state index in [1.807, 2.05) is 0 Å². The van der Waals surface area contributed by atoms with E-state index in [0.29, 0.717) is 0 Å². The molecule has 5 heteroatoms. The quantitative estimate of drug-likeness (QED) is 0.488. The summed E-state index contributed by atoms with van der Waals surface area (Å²) < 4.78 is 38.7. The van der Waals surface area contributed by atoms with Crippen LogP contribution in [-0.2, 0) is 0 Å². The van der Waals surface area contributed by atoms with E-state index < -0.39 is 17.6 Å². The van der Waals surface area contributed by atoms with E-state index in [9.17, 15) is 13.2 Å². The molecule has 0 rings (SSSR count). The van der Waals surface area contributed by atoms with Crippen LogP contribution in [0.4, 0.5) is 13.2 Å². The Morgan fingerprint density at radius 2 is 1.50 bits per heavy atom. The third-order valence-electron chi connectivity index (χ3n) is 0.104. The first-order chi connectivity index (χ1) is 2.56. The highest BCUT2D eigenvalue weighted by molar-refractivity contribution is 7.94. The molecule has 6 heavy (non-hydrogen) atoms. The molecule has 0 atom stereocenters. The Labute approximate surface area is 36.4 Å². The second kappa shape index (κ2) is 1.70. The molecule has 0 aromatic rings. The van der Waals surface area contributed by atoms with Gasteiger partial charge in [0.15, 0.2) is 0 Å². The Bertz CT molecular complexity index is 40.5. The molecule has 0 saturated heterocycles. The molecule has 1 N–H and O–H groups in total. The lowest BCUT2D eigenvalue weighted by molar-refractivity contribution is -0.0376. The van der Waals surface area contributed by atoms with Gasteiger partial charge in [0.2, 0.25) is 0 Å². The van der Waals surface area contributed by atoms with Crippen LogP contribution in [0.25, 0.3) is 0 Å². The average molecular weight is 118 g/mol. The fourth-order valence-electron chi connectivity index (χ4n) is 0. The Kier molecular flexibility index (Phi) is 1.73. The molecular weight excluding hydrogens is 117 g/mol. The van der Waals surface area contributed by atoms with E-state index in [2.05, 4.69) is 0 Å². The average Bonchev–Trinajstić information content (AvgIpc) is 1.35. The van der Waals surface area contributed by atoms with E-state index in [4.69, 9.17) is 4.55 Å². The summed E-state index contributed by atoms with van der Waals surface area (Å²) in [5, 5.41) is 0. The molecule has 0 aromatic carbocycles. The predicted octanol–water partition coefficient (Wildman–Crippen LogP) is 1.71. The van der Waals surface area contributed by atoms with E-state index in [-0.39, 0.29) is 0 Å².